The number of nitrogens with zero attached hydrogens (tertiary/aromatic N) is 1. The predicted molar refractivity (Wildman–Crippen MR) is 181 cm³/mol. The highest BCUT2D eigenvalue weighted by molar-refractivity contribution is 5.82. The third kappa shape index (κ3) is 7.71. The van der Waals surface area contributed by atoms with E-state index in [1.54, 1.807) is 6.08 Å². The van der Waals surface area contributed by atoms with Crippen LogP contribution in [0.1, 0.15) is 19.4 Å². The summed E-state index contributed by atoms with van der Waals surface area (Å²) in [6, 6.07) is 47.2. The van der Waals surface area contributed by atoms with Crippen molar-refractivity contribution in [2.75, 3.05) is 4.90 Å². The molecule has 0 aromatic heterocycles. The molecule has 5 rings (SSSR count). The Balaban J connectivity index is 0.000000714. The summed E-state index contributed by atoms with van der Waals surface area (Å²) >= 11 is 0. The molecule has 0 heterocycles. The lowest BCUT2D eigenvalue weighted by molar-refractivity contribution is 1.28. The van der Waals surface area contributed by atoms with Gasteiger partial charge in [-0.25, -0.2) is 0 Å². The van der Waals surface area contributed by atoms with Crippen molar-refractivity contribution in [3.8, 4) is 22.3 Å². The van der Waals surface area contributed by atoms with Crippen LogP contribution in [0.15, 0.2) is 177 Å². The Morgan fingerprint density at radius 2 is 1.05 bits per heavy atom. The first kappa shape index (κ1) is 28.9. The van der Waals surface area contributed by atoms with E-state index in [1.165, 1.54) is 22.3 Å². The molecule has 0 N–H and O–H groups in total. The predicted octanol–water partition coefficient (Wildman–Crippen LogP) is 11.8. The minimum atomic E-state index is 1.01. The zero-order valence-electron chi connectivity index (χ0n) is 23.9. The number of benzene rings is 5. The van der Waals surface area contributed by atoms with E-state index in [2.05, 4.69) is 145 Å². The number of hydrogen-bond acceptors (Lipinski definition) is 1. The summed E-state index contributed by atoms with van der Waals surface area (Å²) in [6.45, 7) is 11.6. The fourth-order valence-electron chi connectivity index (χ4n) is 4.59. The van der Waals surface area contributed by atoms with Crippen LogP contribution in [-0.4, -0.2) is 0 Å². The van der Waals surface area contributed by atoms with E-state index < -0.39 is 0 Å². The summed E-state index contributed by atoms with van der Waals surface area (Å²) < 4.78 is 0. The normalized spacial score (nSPS) is 10.7. The van der Waals surface area contributed by atoms with Crippen LogP contribution in [0.25, 0.3) is 27.8 Å². The minimum Gasteiger partial charge on any atom is -0.310 e. The van der Waals surface area contributed by atoms with Crippen LogP contribution in [0.2, 0.25) is 0 Å². The van der Waals surface area contributed by atoms with E-state index >= 15 is 0 Å². The molecule has 0 radical (unpaired) electrons. The van der Waals surface area contributed by atoms with Gasteiger partial charge in [0.25, 0.3) is 0 Å². The fourth-order valence-corrected chi connectivity index (χ4v) is 4.59. The lowest BCUT2D eigenvalue weighted by atomic mass is 10.0. The van der Waals surface area contributed by atoms with Crippen molar-refractivity contribution in [2.45, 2.75) is 13.8 Å². The molecule has 5 aromatic rings. The molecule has 0 spiro atoms. The van der Waals surface area contributed by atoms with Gasteiger partial charge < -0.3 is 4.90 Å². The molecule has 1 heteroatoms. The van der Waals surface area contributed by atoms with Crippen molar-refractivity contribution in [1.29, 1.82) is 0 Å². The molecule has 0 bridgehead atoms. The van der Waals surface area contributed by atoms with E-state index in [0.717, 1.165) is 28.2 Å². The Hall–Kier alpha value is -5.14. The lowest BCUT2D eigenvalue weighted by Crippen LogP contribution is -2.10. The molecule has 5 aromatic carbocycles. The summed E-state index contributed by atoms with van der Waals surface area (Å²) in [7, 11) is 0. The lowest BCUT2D eigenvalue weighted by Gasteiger charge is -2.26. The molecule has 0 aliphatic heterocycles. The molecule has 41 heavy (non-hydrogen) atoms. The second-order valence-electron chi connectivity index (χ2n) is 9.50. The molecular formula is C40H37N. The molecule has 0 atom stereocenters. The van der Waals surface area contributed by atoms with Crippen molar-refractivity contribution in [1.82, 2.24) is 0 Å². The third-order valence-corrected chi connectivity index (χ3v) is 6.64. The quantitative estimate of drug-likeness (QED) is 0.180. The molecule has 0 unspecified atom stereocenters. The van der Waals surface area contributed by atoms with Crippen molar-refractivity contribution < 1.29 is 0 Å². The van der Waals surface area contributed by atoms with Crippen molar-refractivity contribution in [3.05, 3.63) is 183 Å². The number of rotatable bonds is 8. The van der Waals surface area contributed by atoms with Gasteiger partial charge in [0.1, 0.15) is 0 Å². The van der Waals surface area contributed by atoms with Crippen LogP contribution in [0.4, 0.5) is 17.1 Å². The average Bonchev–Trinajstić information content (AvgIpc) is 3.04. The molecule has 202 valence electrons. The van der Waals surface area contributed by atoms with Gasteiger partial charge in [0.05, 0.1) is 0 Å². The maximum absolute atomic E-state index is 4.19. The van der Waals surface area contributed by atoms with Crippen molar-refractivity contribution >= 4 is 22.6 Å². The molecular weight excluding hydrogens is 494 g/mol. The van der Waals surface area contributed by atoms with Gasteiger partial charge in [-0.2, -0.15) is 0 Å². The summed E-state index contributed by atoms with van der Waals surface area (Å²) in [5.41, 5.74) is 10.3. The maximum Gasteiger partial charge on any atom is 0.0467 e. The number of hydrogen-bond donors (Lipinski definition) is 0. The van der Waals surface area contributed by atoms with Gasteiger partial charge in [0.2, 0.25) is 0 Å². The van der Waals surface area contributed by atoms with Crippen LogP contribution in [-0.2, 0) is 0 Å². The Bertz CT molecular complexity index is 1590. The van der Waals surface area contributed by atoms with E-state index in [9.17, 15) is 0 Å². The number of anilines is 3. The molecule has 0 saturated heterocycles. The molecule has 0 aliphatic carbocycles. The van der Waals surface area contributed by atoms with Gasteiger partial charge in [-0.3, -0.25) is 0 Å². The van der Waals surface area contributed by atoms with Crippen molar-refractivity contribution in [2.24, 2.45) is 0 Å². The first-order valence-electron chi connectivity index (χ1n) is 13.9. The summed E-state index contributed by atoms with van der Waals surface area (Å²) in [6.07, 6.45) is 9.64. The molecule has 0 aliphatic rings. The van der Waals surface area contributed by atoms with Crippen LogP contribution in [0, 0.1) is 0 Å². The zero-order chi connectivity index (χ0) is 28.9. The van der Waals surface area contributed by atoms with Crippen LogP contribution in [0.3, 0.4) is 0 Å². The van der Waals surface area contributed by atoms with Crippen LogP contribution in [0.5, 0.6) is 0 Å². The highest BCUT2D eigenvalue weighted by Crippen LogP contribution is 2.37. The summed E-state index contributed by atoms with van der Waals surface area (Å²) in [5, 5.41) is 0. The summed E-state index contributed by atoms with van der Waals surface area (Å²) in [4.78, 5) is 2.31. The minimum absolute atomic E-state index is 1.01. The molecule has 0 saturated carbocycles. The smallest absolute Gasteiger partial charge is 0.0467 e. The zero-order valence-corrected chi connectivity index (χ0v) is 23.9. The molecule has 1 nitrogen and oxygen atoms in total. The van der Waals surface area contributed by atoms with Gasteiger partial charge >= 0.3 is 0 Å². The highest BCUT2D eigenvalue weighted by Gasteiger charge is 2.14. The van der Waals surface area contributed by atoms with Gasteiger partial charge in [-0.15, -0.1) is 0 Å². The largest absolute Gasteiger partial charge is 0.310 e. The molecule has 0 fully saturated rings. The van der Waals surface area contributed by atoms with Crippen LogP contribution < -0.4 is 4.90 Å². The fraction of sp³-hybridized carbons (Fsp3) is 0.0500. The Kier molecular flexibility index (Phi) is 10.5. The van der Waals surface area contributed by atoms with E-state index in [1.807, 2.05) is 44.2 Å². The second-order valence-corrected chi connectivity index (χ2v) is 9.50. The van der Waals surface area contributed by atoms with Gasteiger partial charge in [0, 0.05) is 17.1 Å². The second kappa shape index (κ2) is 14.9. The SMILES string of the molecule is C=C(/C=C\C)c1ccc(N(c2ccc(-c3ccccc3)cc2)c2cccc(-c3ccccc3)c2)cc1.C=C/C=C\C. The number of allylic oxidation sites excluding steroid dienone is 6. The van der Waals surface area contributed by atoms with E-state index in [0.29, 0.717) is 0 Å². The van der Waals surface area contributed by atoms with E-state index in [4.69, 9.17) is 0 Å². The van der Waals surface area contributed by atoms with Gasteiger partial charge in [0.15, 0.2) is 0 Å². The van der Waals surface area contributed by atoms with Crippen molar-refractivity contribution in [3.63, 3.8) is 0 Å². The average molecular weight is 532 g/mol. The topological polar surface area (TPSA) is 3.24 Å². The van der Waals surface area contributed by atoms with Gasteiger partial charge in [-0.05, 0) is 83.6 Å². The third-order valence-electron chi connectivity index (χ3n) is 6.64. The Morgan fingerprint density at radius 3 is 1.56 bits per heavy atom. The first-order valence-corrected chi connectivity index (χ1v) is 13.9. The van der Waals surface area contributed by atoms with E-state index in [-0.39, 0.29) is 0 Å². The standard InChI is InChI=1S/C35H29N.C5H8/c1-3-11-27(2)28-18-22-33(23-19-28)36(34-24-20-31(21-25-34)29-12-6-4-7-13-29)35-17-10-16-32(26-35)30-14-8-5-9-15-30;1-3-5-4-2/h3-26H,2H2,1H3;3-5H,1H2,2H3/b11-3-;5-4-. The van der Waals surface area contributed by atoms with Gasteiger partial charge in [-0.1, -0.05) is 141 Å². The van der Waals surface area contributed by atoms with Crippen LogP contribution >= 0.6 is 0 Å². The monoisotopic (exact) mass is 531 g/mol. The maximum atomic E-state index is 4.19. The Morgan fingerprint density at radius 1 is 0.537 bits per heavy atom. The first-order chi connectivity index (χ1) is 20.1. The Labute approximate surface area is 245 Å². The molecule has 0 amide bonds. The highest BCUT2D eigenvalue weighted by atomic mass is 15.1. The summed E-state index contributed by atoms with van der Waals surface area (Å²) in [5.74, 6) is 0.